The predicted octanol–water partition coefficient (Wildman–Crippen LogP) is 5.94. The van der Waals surface area contributed by atoms with Gasteiger partial charge in [-0.3, -0.25) is 14.4 Å². The van der Waals surface area contributed by atoms with Gasteiger partial charge in [0.2, 0.25) is 11.7 Å². The maximum Gasteiger partial charge on any atom is 0.268 e. The third kappa shape index (κ3) is 6.76. The fraction of sp³-hybridized carbons (Fsp3) is 0.156. The zero-order chi connectivity index (χ0) is 30.5. The number of nitrogens with one attached hydrogen (secondary N) is 2. The molecule has 0 aliphatic carbocycles. The molecule has 0 bridgehead atoms. The van der Waals surface area contributed by atoms with E-state index in [4.69, 9.17) is 16.0 Å². The molecule has 2 aromatic heterocycles. The fourth-order valence-electron chi connectivity index (χ4n) is 4.51. The van der Waals surface area contributed by atoms with Gasteiger partial charge in [0.15, 0.2) is 11.2 Å². The molecule has 5 rings (SSSR count). The number of rotatable bonds is 10. The highest BCUT2D eigenvalue weighted by Crippen LogP contribution is 2.23. The van der Waals surface area contributed by atoms with Gasteiger partial charge in [-0.1, -0.05) is 48.9 Å². The smallest absolute Gasteiger partial charge is 0.268 e. The number of amides is 2. The van der Waals surface area contributed by atoms with E-state index < -0.39 is 47.7 Å². The first-order valence-electron chi connectivity index (χ1n) is 13.4. The Bertz CT molecular complexity index is 1760. The van der Waals surface area contributed by atoms with Gasteiger partial charge in [0.1, 0.15) is 17.7 Å². The number of Topliss-reactive ketones (excluding diaryl/α,β-unsaturated/α-hetero) is 1. The van der Waals surface area contributed by atoms with E-state index in [2.05, 4.69) is 20.6 Å². The average Bonchev–Trinajstić information content (AvgIpc) is 3.45. The predicted molar refractivity (Wildman–Crippen MR) is 157 cm³/mol. The van der Waals surface area contributed by atoms with Crippen molar-refractivity contribution in [3.05, 3.63) is 119 Å². The number of hydrogen-bond donors (Lipinski definition) is 2. The van der Waals surface area contributed by atoms with E-state index in [1.165, 1.54) is 12.3 Å². The van der Waals surface area contributed by atoms with Crippen molar-refractivity contribution in [3.8, 4) is 11.1 Å². The summed E-state index contributed by atoms with van der Waals surface area (Å²) in [6.07, 6.45) is 1.14. The summed E-state index contributed by atoms with van der Waals surface area (Å²) in [5.41, 5.74) is 2.00. The molecule has 0 saturated carbocycles. The molecule has 2 amide bonds. The molecule has 0 radical (unpaired) electrons. The molecule has 0 fully saturated rings. The summed E-state index contributed by atoms with van der Waals surface area (Å²) in [6.45, 7) is 1.66. The molecule has 8 nitrogen and oxygen atoms in total. The molecule has 0 aliphatic heterocycles. The molecule has 0 saturated heterocycles. The number of aromatic nitrogens is 2. The number of fused-ring (bicyclic) bond motifs is 1. The van der Waals surface area contributed by atoms with E-state index >= 15 is 0 Å². The first-order chi connectivity index (χ1) is 20.7. The van der Waals surface area contributed by atoms with Gasteiger partial charge in [-0.15, -0.1) is 0 Å². The van der Waals surface area contributed by atoms with Gasteiger partial charge < -0.3 is 15.1 Å². The number of oxazole rings is 1. The number of hydrogen-bond acceptors (Lipinski definition) is 6. The lowest BCUT2D eigenvalue weighted by atomic mass is 10.0. The van der Waals surface area contributed by atoms with Crippen molar-refractivity contribution in [3.63, 3.8) is 0 Å². The highest BCUT2D eigenvalue weighted by Gasteiger charge is 2.30. The van der Waals surface area contributed by atoms with Crippen molar-refractivity contribution < 1.29 is 27.6 Å². The number of carbonyl (C=O) groups excluding carboxylic acids is 3. The van der Waals surface area contributed by atoms with Gasteiger partial charge >= 0.3 is 0 Å². The minimum atomic E-state index is -1.43. The number of ketones is 1. The first kappa shape index (κ1) is 29.5. The lowest BCUT2D eigenvalue weighted by molar-refractivity contribution is -0.123. The van der Waals surface area contributed by atoms with Crippen molar-refractivity contribution in [2.45, 2.75) is 31.8 Å². The summed E-state index contributed by atoms with van der Waals surface area (Å²) >= 11 is 6.08. The van der Waals surface area contributed by atoms with Crippen LogP contribution in [0.1, 0.15) is 40.0 Å². The molecule has 0 spiro atoms. The van der Waals surface area contributed by atoms with Crippen LogP contribution in [0.25, 0.3) is 22.4 Å². The Kier molecular flexibility index (Phi) is 8.87. The van der Waals surface area contributed by atoms with Crippen LogP contribution in [0.15, 0.2) is 89.5 Å². The monoisotopic (exact) mass is 602 g/mol. The zero-order valence-electron chi connectivity index (χ0n) is 22.8. The number of benzene rings is 3. The quantitative estimate of drug-likeness (QED) is 0.191. The molecule has 11 heteroatoms. The molecule has 43 heavy (non-hydrogen) atoms. The second-order valence-electron chi connectivity index (χ2n) is 9.70. The summed E-state index contributed by atoms with van der Waals surface area (Å²) in [5, 5.41) is 5.71. The average molecular weight is 603 g/mol. The molecule has 2 atom stereocenters. The maximum atomic E-state index is 14.6. The van der Waals surface area contributed by atoms with E-state index in [0.29, 0.717) is 10.6 Å². The molecule has 2 N–H and O–H groups in total. The van der Waals surface area contributed by atoms with Crippen LogP contribution in [0.4, 0.5) is 8.78 Å². The van der Waals surface area contributed by atoms with Gasteiger partial charge in [0.05, 0.1) is 6.04 Å². The Balaban J connectivity index is 1.37. The second kappa shape index (κ2) is 12.9. The first-order valence-corrected chi connectivity index (χ1v) is 13.8. The third-order valence-electron chi connectivity index (χ3n) is 6.81. The minimum absolute atomic E-state index is 0.149. The lowest BCUT2D eigenvalue weighted by Crippen LogP contribution is -2.52. The van der Waals surface area contributed by atoms with Crippen LogP contribution in [0.3, 0.4) is 0 Å². The largest absolute Gasteiger partial charge is 0.432 e. The SMILES string of the molecule is CC[C@H](NC(=O)C(Cc1c(F)cccc1F)NC(=O)c1ccc(-c2cccc(Cl)c2)cc1)C(=O)c1nc2ncccc2o1. The third-order valence-corrected chi connectivity index (χ3v) is 7.05. The van der Waals surface area contributed by atoms with Crippen LogP contribution >= 0.6 is 11.6 Å². The van der Waals surface area contributed by atoms with E-state index in [0.717, 1.165) is 23.3 Å². The Hall–Kier alpha value is -4.96. The Labute approximate surface area is 250 Å². The standard InChI is InChI=1S/C32H25ClF2N4O4/c1-2-25(28(40)32-39-29-27(43-32)10-5-15-36-29)37-31(42)26(17-22-23(34)8-4-9-24(22)35)38-30(41)19-13-11-18(12-14-19)20-6-3-7-21(33)16-20/h3-16,25-26H,2,17H2,1H3,(H,37,42)(H,38,41)/t25-,26?/m0/s1. The normalized spacial score (nSPS) is 12.5. The summed E-state index contributed by atoms with van der Waals surface area (Å²) in [4.78, 5) is 48.0. The Morgan fingerprint density at radius 3 is 2.28 bits per heavy atom. The van der Waals surface area contributed by atoms with Crippen LogP contribution in [-0.2, 0) is 11.2 Å². The van der Waals surface area contributed by atoms with E-state index in [1.54, 1.807) is 61.5 Å². The van der Waals surface area contributed by atoms with Crippen LogP contribution in [-0.4, -0.2) is 39.6 Å². The number of nitrogens with zero attached hydrogens (tertiary/aromatic N) is 2. The van der Waals surface area contributed by atoms with Crippen LogP contribution in [0.2, 0.25) is 5.02 Å². The molecular formula is C32H25ClF2N4O4. The van der Waals surface area contributed by atoms with E-state index in [1.807, 2.05) is 6.07 Å². The van der Waals surface area contributed by atoms with Crippen molar-refractivity contribution in [2.75, 3.05) is 0 Å². The number of carbonyl (C=O) groups is 3. The molecule has 5 aromatic rings. The van der Waals surface area contributed by atoms with Crippen LogP contribution < -0.4 is 10.6 Å². The summed E-state index contributed by atoms with van der Waals surface area (Å²) in [6, 6.07) is 17.8. The number of halogens is 3. The van der Waals surface area contributed by atoms with E-state index in [9.17, 15) is 23.2 Å². The maximum absolute atomic E-state index is 14.6. The molecule has 3 aromatic carbocycles. The van der Waals surface area contributed by atoms with Gasteiger partial charge in [-0.05, 0) is 66.1 Å². The molecule has 1 unspecified atom stereocenters. The van der Waals surface area contributed by atoms with Gasteiger partial charge in [0, 0.05) is 28.8 Å². The molecule has 2 heterocycles. The molecule has 0 aliphatic rings. The summed E-state index contributed by atoms with van der Waals surface area (Å²) in [7, 11) is 0. The topological polar surface area (TPSA) is 114 Å². The highest BCUT2D eigenvalue weighted by molar-refractivity contribution is 6.30. The van der Waals surface area contributed by atoms with Crippen LogP contribution in [0.5, 0.6) is 0 Å². The summed E-state index contributed by atoms with van der Waals surface area (Å²) < 4.78 is 34.6. The van der Waals surface area contributed by atoms with Gasteiger partial charge in [-0.25, -0.2) is 13.8 Å². The summed E-state index contributed by atoms with van der Waals surface area (Å²) in [5.74, 6) is -4.09. The fourth-order valence-corrected chi connectivity index (χ4v) is 4.70. The Morgan fingerprint density at radius 2 is 1.60 bits per heavy atom. The van der Waals surface area contributed by atoms with Gasteiger partial charge in [-0.2, -0.15) is 4.98 Å². The second-order valence-corrected chi connectivity index (χ2v) is 10.1. The highest BCUT2D eigenvalue weighted by atomic mass is 35.5. The Morgan fingerprint density at radius 1 is 0.884 bits per heavy atom. The minimum Gasteiger partial charge on any atom is -0.432 e. The molecule has 218 valence electrons. The number of pyridine rings is 1. The van der Waals surface area contributed by atoms with Crippen molar-refractivity contribution in [2.24, 2.45) is 0 Å². The van der Waals surface area contributed by atoms with Crippen molar-refractivity contribution >= 4 is 40.4 Å². The zero-order valence-corrected chi connectivity index (χ0v) is 23.6. The van der Waals surface area contributed by atoms with E-state index in [-0.39, 0.29) is 29.1 Å². The molecular weight excluding hydrogens is 578 g/mol. The van der Waals surface area contributed by atoms with Gasteiger partial charge in [0.25, 0.3) is 11.8 Å². The van der Waals surface area contributed by atoms with Crippen molar-refractivity contribution in [1.29, 1.82) is 0 Å². The van der Waals surface area contributed by atoms with Crippen molar-refractivity contribution in [1.82, 2.24) is 20.6 Å². The van der Waals surface area contributed by atoms with Crippen LogP contribution in [0, 0.1) is 11.6 Å². The lowest BCUT2D eigenvalue weighted by Gasteiger charge is -2.22.